The molecule has 5 rings (SSSR count). The number of urea groups is 1. The number of anilines is 2. The number of carbonyl (C=O) groups is 2. The van der Waals surface area contributed by atoms with Gasteiger partial charge >= 0.3 is 12.0 Å². The van der Waals surface area contributed by atoms with E-state index in [0.717, 1.165) is 27.0 Å². The molecule has 11 nitrogen and oxygen atoms in total. The largest absolute Gasteiger partial charge is 0.481 e. The van der Waals surface area contributed by atoms with E-state index in [1.54, 1.807) is 31.7 Å². The third-order valence-electron chi connectivity index (χ3n) is 6.95. The van der Waals surface area contributed by atoms with E-state index in [2.05, 4.69) is 19.9 Å². The fourth-order valence-electron chi connectivity index (χ4n) is 4.43. The molecule has 3 aromatic heterocycles. The van der Waals surface area contributed by atoms with Crippen molar-refractivity contribution in [3.05, 3.63) is 42.5 Å². The Hall–Kier alpha value is -4.19. The van der Waals surface area contributed by atoms with Gasteiger partial charge in [-0.15, -0.1) is 0 Å². The Labute approximate surface area is 223 Å². The van der Waals surface area contributed by atoms with Crippen LogP contribution >= 0.6 is 11.3 Å². The number of nitrogens with two attached hydrogens (primary N) is 1. The van der Waals surface area contributed by atoms with Crippen LogP contribution < -0.4 is 15.5 Å². The molecule has 0 saturated carbocycles. The van der Waals surface area contributed by atoms with Crippen LogP contribution in [0.2, 0.25) is 0 Å². The Morgan fingerprint density at radius 1 is 1.08 bits per heavy atom. The lowest BCUT2D eigenvalue weighted by Gasteiger charge is -2.36. The van der Waals surface area contributed by atoms with E-state index in [0.29, 0.717) is 54.9 Å². The average Bonchev–Trinajstić information content (AvgIpc) is 3.33. The third-order valence-corrected chi connectivity index (χ3v) is 8.08. The molecule has 1 aliphatic heterocycles. The summed E-state index contributed by atoms with van der Waals surface area (Å²) < 4.78 is 0.847. The zero-order valence-electron chi connectivity index (χ0n) is 21.4. The summed E-state index contributed by atoms with van der Waals surface area (Å²) in [7, 11) is 0. The fraction of sp³-hybridized carbons (Fsp3) is 0.346. The number of hydrogen-bond acceptors (Lipinski definition) is 9. The van der Waals surface area contributed by atoms with Gasteiger partial charge in [-0.3, -0.25) is 9.69 Å². The summed E-state index contributed by atoms with van der Waals surface area (Å²) in [5.41, 5.74) is 8.90. The average molecular weight is 533 g/mol. The normalized spacial score (nSPS) is 15.0. The van der Waals surface area contributed by atoms with E-state index in [1.807, 2.05) is 30.9 Å². The van der Waals surface area contributed by atoms with Gasteiger partial charge in [0.25, 0.3) is 0 Å². The lowest BCUT2D eigenvalue weighted by molar-refractivity contribution is -0.149. The van der Waals surface area contributed by atoms with Gasteiger partial charge in [-0.25, -0.2) is 29.7 Å². The number of amides is 2. The lowest BCUT2D eigenvalue weighted by atomic mass is 9.80. The van der Waals surface area contributed by atoms with Crippen molar-refractivity contribution in [2.24, 2.45) is 11.1 Å². The fourth-order valence-corrected chi connectivity index (χ4v) is 5.56. The molecule has 3 N–H and O–H groups in total. The molecule has 4 aromatic rings. The number of carboxylic acid groups (broad SMARTS) is 1. The minimum Gasteiger partial charge on any atom is -0.481 e. The number of aromatic nitrogens is 5. The summed E-state index contributed by atoms with van der Waals surface area (Å²) >= 11 is 1.37. The Morgan fingerprint density at radius 2 is 1.74 bits per heavy atom. The van der Waals surface area contributed by atoms with E-state index in [1.165, 1.54) is 16.2 Å². The van der Waals surface area contributed by atoms with Crippen molar-refractivity contribution in [2.75, 3.05) is 29.4 Å². The summed E-state index contributed by atoms with van der Waals surface area (Å²) in [6.07, 6.45) is 8.10. The lowest BCUT2D eigenvalue weighted by Crippen LogP contribution is -2.43. The second kappa shape index (κ2) is 9.93. The summed E-state index contributed by atoms with van der Waals surface area (Å²) in [4.78, 5) is 49.9. The van der Waals surface area contributed by atoms with Crippen molar-refractivity contribution in [3.8, 4) is 22.5 Å². The first kappa shape index (κ1) is 25.5. The summed E-state index contributed by atoms with van der Waals surface area (Å²) in [5.74, 6) is 0.354. The van der Waals surface area contributed by atoms with Gasteiger partial charge in [0, 0.05) is 55.5 Å². The van der Waals surface area contributed by atoms with Gasteiger partial charge in [0.2, 0.25) is 5.95 Å². The number of nitrogens with zero attached hydrogens (tertiary/aromatic N) is 7. The molecule has 12 heteroatoms. The first-order valence-electron chi connectivity index (χ1n) is 12.3. The first-order valence-corrected chi connectivity index (χ1v) is 13.1. The quantitative estimate of drug-likeness (QED) is 0.374. The molecule has 0 atom stereocenters. The number of carboxylic acids is 1. The van der Waals surface area contributed by atoms with Gasteiger partial charge in [-0.05, 0) is 56.9 Å². The van der Waals surface area contributed by atoms with Crippen LogP contribution in [0.1, 0.15) is 32.3 Å². The number of hydrogen-bond donors (Lipinski definition) is 2. The number of benzene rings is 1. The van der Waals surface area contributed by atoms with Crippen LogP contribution in [0.5, 0.6) is 0 Å². The van der Waals surface area contributed by atoms with Gasteiger partial charge in [0.1, 0.15) is 0 Å². The molecule has 1 fully saturated rings. The van der Waals surface area contributed by atoms with Gasteiger partial charge < -0.3 is 15.7 Å². The number of thiazole rings is 1. The Balaban J connectivity index is 1.51. The van der Waals surface area contributed by atoms with Crippen molar-refractivity contribution in [1.29, 1.82) is 0 Å². The van der Waals surface area contributed by atoms with Crippen LogP contribution in [0.25, 0.3) is 32.7 Å². The highest BCUT2D eigenvalue weighted by atomic mass is 32.1. The molecule has 0 spiro atoms. The smallest absolute Gasteiger partial charge is 0.321 e. The monoisotopic (exact) mass is 532 g/mol. The first-order chi connectivity index (χ1) is 18.2. The zero-order valence-corrected chi connectivity index (χ0v) is 22.2. The van der Waals surface area contributed by atoms with Crippen molar-refractivity contribution in [2.45, 2.75) is 33.6 Å². The number of piperidine rings is 1. The molecule has 0 aliphatic carbocycles. The summed E-state index contributed by atoms with van der Waals surface area (Å²) in [5, 5.41) is 10.00. The topological polar surface area (TPSA) is 151 Å². The minimum absolute atomic E-state index is 0.399. The molecule has 0 unspecified atom stereocenters. The minimum atomic E-state index is -0.764. The number of primary amides is 1. The molecule has 0 radical (unpaired) electrons. The van der Waals surface area contributed by atoms with Crippen molar-refractivity contribution in [1.82, 2.24) is 24.9 Å². The van der Waals surface area contributed by atoms with Gasteiger partial charge in [0.05, 0.1) is 15.6 Å². The van der Waals surface area contributed by atoms with Crippen LogP contribution in [-0.2, 0) is 4.79 Å². The predicted octanol–water partition coefficient (Wildman–Crippen LogP) is 4.11. The van der Waals surface area contributed by atoms with E-state index in [9.17, 15) is 14.7 Å². The number of aryl methyl sites for hydroxylation is 1. The Kier molecular flexibility index (Phi) is 6.66. The zero-order chi connectivity index (χ0) is 27.0. The number of aliphatic carboxylic acids is 1. The second-order valence-electron chi connectivity index (χ2n) is 9.66. The van der Waals surface area contributed by atoms with Crippen molar-refractivity contribution < 1.29 is 14.7 Å². The van der Waals surface area contributed by atoms with Crippen LogP contribution in [0.3, 0.4) is 0 Å². The van der Waals surface area contributed by atoms with Crippen molar-refractivity contribution in [3.63, 3.8) is 0 Å². The van der Waals surface area contributed by atoms with Gasteiger partial charge in [-0.1, -0.05) is 11.3 Å². The molecule has 4 heterocycles. The van der Waals surface area contributed by atoms with E-state index in [-0.39, 0.29) is 0 Å². The van der Waals surface area contributed by atoms with Gasteiger partial charge in [-0.2, -0.15) is 0 Å². The highest BCUT2D eigenvalue weighted by Gasteiger charge is 2.37. The van der Waals surface area contributed by atoms with E-state index < -0.39 is 17.4 Å². The molecular formula is C26H28N8O3S. The molecule has 0 bridgehead atoms. The number of fused-ring (bicyclic) bond motifs is 1. The molecule has 1 aliphatic rings. The molecule has 38 heavy (non-hydrogen) atoms. The summed E-state index contributed by atoms with van der Waals surface area (Å²) in [6.45, 7) is 7.12. The maximum Gasteiger partial charge on any atom is 0.321 e. The summed E-state index contributed by atoms with van der Waals surface area (Å²) in [6, 6.07) is 3.34. The highest BCUT2D eigenvalue weighted by molar-refractivity contribution is 7.23. The molecule has 2 amide bonds. The number of rotatable bonds is 6. The van der Waals surface area contributed by atoms with Crippen molar-refractivity contribution >= 4 is 44.6 Å². The maximum atomic E-state index is 12.0. The van der Waals surface area contributed by atoms with Crippen LogP contribution in [0.4, 0.5) is 15.9 Å². The standard InChI is InChI=1S/C26H28N8O3S/c1-4-34(23(27)37)25-32-19-10-16(9-18(20(19)38-25)21-28-11-15(2)12-29-21)17-13-30-24(31-14-17)33-7-5-26(3,6-8-33)22(35)36/h9-14H,4-8H2,1-3H3,(H2,27,37)(H,35,36). The van der Waals surface area contributed by atoms with E-state index >= 15 is 0 Å². The maximum absolute atomic E-state index is 12.0. The number of carbonyl (C=O) groups excluding carboxylic acids is 1. The second-order valence-corrected chi connectivity index (χ2v) is 10.6. The molecule has 196 valence electrons. The Morgan fingerprint density at radius 3 is 2.32 bits per heavy atom. The molecule has 1 saturated heterocycles. The third kappa shape index (κ3) is 4.74. The van der Waals surface area contributed by atoms with Gasteiger partial charge in [0.15, 0.2) is 11.0 Å². The predicted molar refractivity (Wildman–Crippen MR) is 146 cm³/mol. The van der Waals surface area contributed by atoms with Crippen LogP contribution in [-0.4, -0.2) is 61.7 Å². The molecule has 1 aromatic carbocycles. The van der Waals surface area contributed by atoms with Crippen LogP contribution in [0, 0.1) is 12.3 Å². The molecular weight excluding hydrogens is 504 g/mol. The Bertz CT molecular complexity index is 1500. The van der Waals surface area contributed by atoms with E-state index in [4.69, 9.17) is 10.7 Å². The SMILES string of the molecule is CCN(C(N)=O)c1nc2cc(-c3cnc(N4CCC(C)(C(=O)O)CC4)nc3)cc(-c3ncc(C)cn3)c2s1. The highest BCUT2D eigenvalue weighted by Crippen LogP contribution is 2.39. The van der Waals surface area contributed by atoms with Crippen LogP contribution in [0.15, 0.2) is 36.9 Å².